The summed E-state index contributed by atoms with van der Waals surface area (Å²) in [6.07, 6.45) is 1.06. The number of amides is 1. The van der Waals surface area contributed by atoms with Gasteiger partial charge in [-0.2, -0.15) is 0 Å². The number of anilines is 2. The summed E-state index contributed by atoms with van der Waals surface area (Å²) >= 11 is 0. The van der Waals surface area contributed by atoms with Crippen molar-refractivity contribution in [2.24, 2.45) is 4.99 Å². The van der Waals surface area contributed by atoms with Gasteiger partial charge in [0.25, 0.3) is 5.91 Å². The molecule has 1 saturated heterocycles. The first-order valence-corrected chi connectivity index (χ1v) is 9.72. The fourth-order valence-electron chi connectivity index (χ4n) is 3.06. The lowest BCUT2D eigenvalue weighted by atomic mass is 10.2. The number of benzene rings is 2. The number of morpholine rings is 1. The Hall–Kier alpha value is -3.10. The molecule has 1 fully saturated rings. The molecular weight excluding hydrogens is 386 g/mol. The van der Waals surface area contributed by atoms with E-state index in [9.17, 15) is 9.90 Å². The van der Waals surface area contributed by atoms with Gasteiger partial charge in [-0.25, -0.2) is 0 Å². The van der Waals surface area contributed by atoms with Gasteiger partial charge >= 0.3 is 0 Å². The highest BCUT2D eigenvalue weighted by Crippen LogP contribution is 2.26. The molecule has 30 heavy (non-hydrogen) atoms. The van der Waals surface area contributed by atoms with E-state index in [-0.39, 0.29) is 19.1 Å². The van der Waals surface area contributed by atoms with Gasteiger partial charge in [0.05, 0.1) is 33.5 Å². The first-order chi connectivity index (χ1) is 14.6. The number of aliphatic hydroxyl groups excluding tert-OH is 1. The lowest BCUT2D eigenvalue weighted by molar-refractivity contribution is -0.125. The highest BCUT2D eigenvalue weighted by molar-refractivity contribution is 5.95. The summed E-state index contributed by atoms with van der Waals surface area (Å²) in [5.74, 6) is 1.25. The Balaban J connectivity index is 1.47. The lowest BCUT2D eigenvalue weighted by Crippen LogP contribution is -2.41. The summed E-state index contributed by atoms with van der Waals surface area (Å²) in [6.45, 7) is 1.85. The van der Waals surface area contributed by atoms with Gasteiger partial charge in [-0.3, -0.25) is 9.79 Å². The van der Waals surface area contributed by atoms with Crippen molar-refractivity contribution in [3.63, 3.8) is 0 Å². The minimum Gasteiger partial charge on any atom is -0.493 e. The quantitative estimate of drug-likeness (QED) is 0.611. The largest absolute Gasteiger partial charge is 0.493 e. The smallest absolute Gasteiger partial charge is 0.253 e. The zero-order chi connectivity index (χ0) is 21.3. The van der Waals surface area contributed by atoms with E-state index >= 15 is 0 Å². The molecule has 1 amide bonds. The van der Waals surface area contributed by atoms with E-state index in [1.807, 2.05) is 42.5 Å². The summed E-state index contributed by atoms with van der Waals surface area (Å²) in [4.78, 5) is 17.9. The second-order valence-corrected chi connectivity index (χ2v) is 6.79. The van der Waals surface area contributed by atoms with Crippen LogP contribution in [0.5, 0.6) is 11.5 Å². The van der Waals surface area contributed by atoms with Crippen molar-refractivity contribution in [1.29, 1.82) is 0 Å². The Kier molecular flexibility index (Phi) is 7.64. The molecule has 8 nitrogen and oxygen atoms in total. The van der Waals surface area contributed by atoms with Crippen LogP contribution in [0.25, 0.3) is 0 Å². The number of rotatable bonds is 9. The maximum atomic E-state index is 11.9. The number of ether oxygens (including phenoxy) is 3. The molecule has 0 unspecified atom stereocenters. The zero-order valence-electron chi connectivity index (χ0n) is 17.2. The third-order valence-electron chi connectivity index (χ3n) is 4.67. The van der Waals surface area contributed by atoms with Gasteiger partial charge in [-0.1, -0.05) is 0 Å². The molecule has 2 aromatic rings. The van der Waals surface area contributed by atoms with Crippen LogP contribution in [-0.4, -0.2) is 70.4 Å². The lowest BCUT2D eigenvalue weighted by Gasteiger charge is -2.27. The van der Waals surface area contributed by atoms with Gasteiger partial charge in [-0.05, 0) is 48.0 Å². The highest BCUT2D eigenvalue weighted by atomic mass is 16.5. The topological polar surface area (TPSA) is 92.6 Å². The number of carbonyl (C=O) groups is 1. The van der Waals surface area contributed by atoms with Crippen molar-refractivity contribution in [3.8, 4) is 11.5 Å². The van der Waals surface area contributed by atoms with E-state index in [0.29, 0.717) is 31.2 Å². The highest BCUT2D eigenvalue weighted by Gasteiger charge is 2.19. The number of methoxy groups -OCH3 is 2. The third-order valence-corrected chi connectivity index (χ3v) is 4.67. The molecular formula is C22H27N3O5. The van der Waals surface area contributed by atoms with Crippen LogP contribution in [0.3, 0.4) is 0 Å². The zero-order valence-corrected chi connectivity index (χ0v) is 17.2. The molecule has 0 aromatic heterocycles. The molecule has 1 heterocycles. The predicted octanol–water partition coefficient (Wildman–Crippen LogP) is 1.96. The number of aliphatic hydroxyl groups is 1. The molecule has 1 aliphatic rings. The van der Waals surface area contributed by atoms with Crippen LogP contribution in [0, 0.1) is 0 Å². The van der Waals surface area contributed by atoms with Crippen LogP contribution in [0.15, 0.2) is 47.5 Å². The number of hydrogen-bond donors (Lipinski definition) is 2. The number of aliphatic imine (C=N–C) groups is 1. The Morgan fingerprint density at radius 1 is 1.20 bits per heavy atom. The number of carbonyl (C=O) groups excluding carboxylic acids is 1. The van der Waals surface area contributed by atoms with Crippen LogP contribution >= 0.6 is 0 Å². The molecule has 3 rings (SSSR count). The molecule has 1 atom stereocenters. The fourth-order valence-corrected chi connectivity index (χ4v) is 3.06. The van der Waals surface area contributed by atoms with Gasteiger partial charge in [0.15, 0.2) is 11.5 Å². The van der Waals surface area contributed by atoms with Crippen molar-refractivity contribution >= 4 is 23.5 Å². The van der Waals surface area contributed by atoms with Crippen molar-refractivity contribution in [2.75, 3.05) is 57.3 Å². The summed E-state index contributed by atoms with van der Waals surface area (Å²) in [5, 5.41) is 13.4. The van der Waals surface area contributed by atoms with Gasteiger partial charge in [0.1, 0.15) is 6.61 Å². The maximum Gasteiger partial charge on any atom is 0.253 e. The summed E-state index contributed by atoms with van der Waals surface area (Å²) < 4.78 is 15.6. The van der Waals surface area contributed by atoms with Crippen molar-refractivity contribution in [1.82, 2.24) is 0 Å². The first kappa shape index (κ1) is 21.6. The Labute approximate surface area is 176 Å². The van der Waals surface area contributed by atoms with E-state index in [1.165, 1.54) is 0 Å². The molecule has 0 aliphatic carbocycles. The minimum atomic E-state index is -0.637. The second kappa shape index (κ2) is 10.6. The van der Waals surface area contributed by atoms with Gasteiger partial charge in [0.2, 0.25) is 0 Å². The first-order valence-electron chi connectivity index (χ1n) is 9.72. The average Bonchev–Trinajstić information content (AvgIpc) is 2.78. The minimum absolute atomic E-state index is 0.0373. The van der Waals surface area contributed by atoms with E-state index < -0.39 is 6.10 Å². The summed E-state index contributed by atoms with van der Waals surface area (Å²) in [7, 11) is 3.17. The molecule has 0 saturated carbocycles. The van der Waals surface area contributed by atoms with E-state index in [1.54, 1.807) is 25.3 Å². The van der Waals surface area contributed by atoms with Crippen LogP contribution in [0.2, 0.25) is 0 Å². The van der Waals surface area contributed by atoms with Crippen LogP contribution in [-0.2, 0) is 9.53 Å². The molecule has 2 N–H and O–H groups in total. The second-order valence-electron chi connectivity index (χ2n) is 6.79. The SMILES string of the molecule is COc1ccc(/C=N/C[C@H](O)CNc2ccc(N3CCOCC3=O)cc2)cc1OC. The maximum absolute atomic E-state index is 11.9. The predicted molar refractivity (Wildman–Crippen MR) is 116 cm³/mol. The van der Waals surface area contributed by atoms with Crippen LogP contribution in [0.4, 0.5) is 11.4 Å². The fraction of sp³-hybridized carbons (Fsp3) is 0.364. The summed E-state index contributed by atoms with van der Waals surface area (Å²) in [5.41, 5.74) is 2.57. The van der Waals surface area contributed by atoms with Crippen LogP contribution in [0.1, 0.15) is 5.56 Å². The normalized spacial score (nSPS) is 15.3. The molecule has 160 valence electrons. The molecule has 2 aromatic carbocycles. The molecule has 0 radical (unpaired) electrons. The van der Waals surface area contributed by atoms with Crippen molar-refractivity contribution in [2.45, 2.75) is 6.10 Å². The summed E-state index contributed by atoms with van der Waals surface area (Å²) in [6, 6.07) is 13.0. The molecule has 8 heteroatoms. The monoisotopic (exact) mass is 413 g/mol. The third kappa shape index (κ3) is 5.71. The standard InChI is InChI=1S/C22H27N3O5/c1-28-20-8-3-16(11-21(20)29-2)12-23-13-19(26)14-24-17-4-6-18(7-5-17)25-9-10-30-15-22(25)27/h3-8,11-12,19,24,26H,9-10,13-15H2,1-2H3/b23-12+/t19-/m0/s1. The van der Waals surface area contributed by atoms with Gasteiger partial charge in [0, 0.05) is 30.7 Å². The van der Waals surface area contributed by atoms with Crippen molar-refractivity contribution < 1.29 is 24.1 Å². The molecule has 0 spiro atoms. The van der Waals surface area contributed by atoms with E-state index in [2.05, 4.69) is 10.3 Å². The average molecular weight is 413 g/mol. The number of nitrogens with one attached hydrogen (secondary N) is 1. The Morgan fingerprint density at radius 2 is 1.97 bits per heavy atom. The van der Waals surface area contributed by atoms with E-state index in [4.69, 9.17) is 14.2 Å². The van der Waals surface area contributed by atoms with Gasteiger partial charge < -0.3 is 29.5 Å². The van der Waals surface area contributed by atoms with Gasteiger partial charge in [-0.15, -0.1) is 0 Å². The van der Waals surface area contributed by atoms with Crippen molar-refractivity contribution in [3.05, 3.63) is 48.0 Å². The van der Waals surface area contributed by atoms with E-state index in [0.717, 1.165) is 16.9 Å². The molecule has 0 bridgehead atoms. The Morgan fingerprint density at radius 3 is 2.67 bits per heavy atom. The number of nitrogens with zero attached hydrogens (tertiary/aromatic N) is 2. The number of hydrogen-bond acceptors (Lipinski definition) is 7. The molecule has 1 aliphatic heterocycles. The Bertz CT molecular complexity index is 870. The van der Waals surface area contributed by atoms with Crippen LogP contribution < -0.4 is 19.7 Å².